The van der Waals surface area contributed by atoms with Crippen LogP contribution in [0.15, 0.2) is 0 Å². The third-order valence-corrected chi connectivity index (χ3v) is 5.12. The summed E-state index contributed by atoms with van der Waals surface area (Å²) in [6.45, 7) is -1.59. The second-order valence-electron chi connectivity index (χ2n) is 7.22. The van der Waals surface area contributed by atoms with Gasteiger partial charge in [0.1, 0.15) is 0 Å². The number of hydrogen-bond acceptors (Lipinski definition) is 1. The summed E-state index contributed by atoms with van der Waals surface area (Å²) >= 11 is 3.44. The van der Waals surface area contributed by atoms with Crippen molar-refractivity contribution in [3.63, 3.8) is 0 Å². The average molecular weight is 562 g/mol. The molecule has 0 aromatic rings. The minimum Gasteiger partial charge on any atom is -0.337 e. The Kier molecular flexibility index (Phi) is 7.79. The molecule has 1 rings (SSSR count). The van der Waals surface area contributed by atoms with Crippen molar-refractivity contribution in [1.82, 2.24) is 4.90 Å². The molecule has 19 heteroatoms. The Morgan fingerprint density at radius 1 is 0.500 bits per heavy atom. The van der Waals surface area contributed by atoms with Crippen LogP contribution in [0.5, 0.6) is 0 Å². The summed E-state index contributed by atoms with van der Waals surface area (Å²) in [5.74, 6) is -59.7. The lowest BCUT2D eigenvalue weighted by Gasteiger charge is -2.43. The fourth-order valence-corrected chi connectivity index (χ4v) is 2.89. The maximum atomic E-state index is 14.0. The maximum Gasteiger partial charge on any atom is 0.393 e. The lowest BCUT2D eigenvalue weighted by atomic mass is 9.89. The molecule has 202 valence electrons. The highest BCUT2D eigenvalue weighted by molar-refractivity contribution is 6.22. The Labute approximate surface area is 184 Å². The van der Waals surface area contributed by atoms with Gasteiger partial charge in [0, 0.05) is 13.1 Å². The van der Waals surface area contributed by atoms with Gasteiger partial charge < -0.3 is 4.90 Å². The van der Waals surface area contributed by atoms with E-state index in [-0.39, 0.29) is 30.6 Å². The first-order chi connectivity index (χ1) is 14.8. The Bertz CT molecular complexity index is 754. The van der Waals surface area contributed by atoms with Gasteiger partial charge >= 0.3 is 46.8 Å². The normalized spacial score (nSPS) is 18.7. The predicted octanol–water partition coefficient (Wildman–Crippen LogP) is 6.67. The van der Waals surface area contributed by atoms with E-state index < -0.39 is 65.8 Å². The fraction of sp³-hybridized carbons (Fsp3) is 0.933. The van der Waals surface area contributed by atoms with Gasteiger partial charge in [-0.25, -0.2) is 0 Å². The molecular formula is C15H12ClF16NO. The van der Waals surface area contributed by atoms with Gasteiger partial charge in [0.2, 0.25) is 0 Å². The van der Waals surface area contributed by atoms with Gasteiger partial charge in [-0.3, -0.25) is 4.79 Å². The average Bonchev–Trinajstić information content (AvgIpc) is 2.94. The molecule has 2 nitrogen and oxygen atoms in total. The van der Waals surface area contributed by atoms with Crippen LogP contribution in [-0.2, 0) is 4.79 Å². The second kappa shape index (κ2) is 8.64. The highest BCUT2D eigenvalue weighted by Gasteiger charge is 2.95. The molecule has 0 aliphatic carbocycles. The van der Waals surface area contributed by atoms with Crippen LogP contribution in [0.1, 0.15) is 25.7 Å². The molecule has 0 spiro atoms. The van der Waals surface area contributed by atoms with Crippen molar-refractivity contribution < 1.29 is 75.0 Å². The van der Waals surface area contributed by atoms with Gasteiger partial charge in [-0.2, -0.15) is 70.2 Å². The van der Waals surface area contributed by atoms with Crippen LogP contribution in [0, 0.1) is 0 Å². The number of nitrogens with zero attached hydrogens (tertiary/aromatic N) is 1. The van der Waals surface area contributed by atoms with E-state index in [9.17, 15) is 75.0 Å². The number of carbonyl (C=O) groups excluding carboxylic acids is 1. The smallest absolute Gasteiger partial charge is 0.337 e. The molecule has 0 aromatic carbocycles. The Morgan fingerprint density at radius 3 is 1.12 bits per heavy atom. The van der Waals surface area contributed by atoms with Gasteiger partial charge in [-0.1, -0.05) is 12.8 Å². The third-order valence-electron chi connectivity index (χ3n) is 4.88. The van der Waals surface area contributed by atoms with E-state index >= 15 is 0 Å². The van der Waals surface area contributed by atoms with E-state index in [2.05, 4.69) is 11.6 Å². The molecule has 0 bridgehead atoms. The summed E-state index contributed by atoms with van der Waals surface area (Å²) in [5.41, 5.74) is 0. The zero-order chi connectivity index (χ0) is 27.4. The SMILES string of the molecule is O=C(N1CCCCCC1)C(F)(F)C(F)(F)C(F)(F)C(F)(F)C(F)(F)C(F)(F)C(F)(F)C(F)(F)Cl. The first kappa shape index (κ1) is 30.7. The van der Waals surface area contributed by atoms with Gasteiger partial charge in [-0.05, 0) is 24.4 Å². The zero-order valence-electron chi connectivity index (χ0n) is 16.0. The summed E-state index contributed by atoms with van der Waals surface area (Å²) in [6, 6.07) is 0. The Hall–Kier alpha value is -1.36. The molecule has 1 aliphatic rings. The fourth-order valence-electron chi connectivity index (χ4n) is 2.77. The van der Waals surface area contributed by atoms with Crippen LogP contribution < -0.4 is 0 Å². The molecule has 1 aliphatic heterocycles. The first-order valence-corrected chi connectivity index (χ1v) is 9.15. The van der Waals surface area contributed by atoms with Crippen LogP contribution in [0.4, 0.5) is 70.2 Å². The van der Waals surface area contributed by atoms with E-state index in [1.165, 1.54) is 0 Å². The maximum absolute atomic E-state index is 14.0. The minimum absolute atomic E-state index is 0.161. The lowest BCUT2D eigenvalue weighted by molar-refractivity contribution is -0.446. The molecule has 0 radical (unpaired) electrons. The van der Waals surface area contributed by atoms with Crippen molar-refractivity contribution in [2.75, 3.05) is 13.1 Å². The van der Waals surface area contributed by atoms with E-state index in [1.54, 1.807) is 0 Å². The highest BCUT2D eigenvalue weighted by Crippen LogP contribution is 2.64. The summed E-state index contributed by atoms with van der Waals surface area (Å²) in [6.07, 6.45) is 0.124. The minimum atomic E-state index is -8.57. The number of carbonyl (C=O) groups is 1. The van der Waals surface area contributed by atoms with Crippen molar-refractivity contribution in [2.45, 2.75) is 72.5 Å². The van der Waals surface area contributed by atoms with Crippen LogP contribution >= 0.6 is 11.6 Å². The van der Waals surface area contributed by atoms with Crippen LogP contribution in [-0.4, -0.2) is 70.7 Å². The highest BCUT2D eigenvalue weighted by atomic mass is 35.5. The molecule has 0 saturated carbocycles. The topological polar surface area (TPSA) is 20.3 Å². The zero-order valence-corrected chi connectivity index (χ0v) is 16.8. The molecule has 1 heterocycles. The number of amides is 1. The van der Waals surface area contributed by atoms with Crippen LogP contribution in [0.25, 0.3) is 0 Å². The molecule has 1 saturated heterocycles. The van der Waals surface area contributed by atoms with Crippen LogP contribution in [0.3, 0.4) is 0 Å². The molecule has 0 N–H and O–H groups in total. The summed E-state index contributed by atoms with van der Waals surface area (Å²) in [7, 11) is 0. The summed E-state index contributed by atoms with van der Waals surface area (Å²) < 4.78 is 215. The van der Waals surface area contributed by atoms with Gasteiger partial charge in [0.25, 0.3) is 5.91 Å². The number of likely N-dealkylation sites (tertiary alicyclic amines) is 1. The van der Waals surface area contributed by atoms with Gasteiger partial charge in [0.05, 0.1) is 0 Å². The largest absolute Gasteiger partial charge is 0.393 e. The Balaban J connectivity index is 3.57. The first-order valence-electron chi connectivity index (χ1n) is 8.77. The Morgan fingerprint density at radius 2 is 0.794 bits per heavy atom. The lowest BCUT2D eigenvalue weighted by Crippen LogP contribution is -2.75. The molecular weight excluding hydrogens is 550 g/mol. The molecule has 0 atom stereocenters. The molecule has 34 heavy (non-hydrogen) atoms. The second-order valence-corrected chi connectivity index (χ2v) is 7.70. The molecule has 1 amide bonds. The quantitative estimate of drug-likeness (QED) is 0.240. The number of rotatable bonds is 8. The van der Waals surface area contributed by atoms with Crippen molar-refractivity contribution in [1.29, 1.82) is 0 Å². The van der Waals surface area contributed by atoms with Gasteiger partial charge in [0.15, 0.2) is 0 Å². The van der Waals surface area contributed by atoms with E-state index in [4.69, 9.17) is 0 Å². The summed E-state index contributed by atoms with van der Waals surface area (Å²) in [4.78, 5) is 11.5. The van der Waals surface area contributed by atoms with Crippen molar-refractivity contribution in [2.24, 2.45) is 0 Å². The van der Waals surface area contributed by atoms with E-state index in [0.29, 0.717) is 0 Å². The standard InChI is InChI=1S/C15H12ClF16NO/c16-15(31,32)14(29,30)13(27,28)12(25,26)11(23,24)10(21,22)9(19,20)8(17,18)7(34)33-5-3-1-2-4-6-33/h1-6H2. The van der Waals surface area contributed by atoms with Crippen LogP contribution in [0.2, 0.25) is 0 Å². The number of hydrogen-bond donors (Lipinski definition) is 0. The molecule has 0 aromatic heterocycles. The third kappa shape index (κ3) is 4.14. The molecule has 0 unspecified atom stereocenters. The summed E-state index contributed by atoms with van der Waals surface area (Å²) in [5, 5.41) is -6.83. The van der Waals surface area contributed by atoms with Crippen molar-refractivity contribution in [3.05, 3.63) is 0 Å². The predicted molar refractivity (Wildman–Crippen MR) is 80.5 cm³/mol. The monoisotopic (exact) mass is 561 g/mol. The van der Waals surface area contributed by atoms with Gasteiger partial charge in [-0.15, -0.1) is 0 Å². The number of alkyl halides is 17. The van der Waals surface area contributed by atoms with E-state index in [0.717, 1.165) is 0 Å². The van der Waals surface area contributed by atoms with Crippen molar-refractivity contribution in [3.8, 4) is 0 Å². The van der Waals surface area contributed by atoms with Crippen molar-refractivity contribution >= 4 is 17.5 Å². The number of halogens is 17. The van der Waals surface area contributed by atoms with E-state index in [1.807, 2.05) is 0 Å². The molecule has 1 fully saturated rings.